The van der Waals surface area contributed by atoms with Crippen LogP contribution in [-0.2, 0) is 16.0 Å². The number of amides is 2. The zero-order valence-corrected chi connectivity index (χ0v) is 24.3. The number of hydrogen-bond donors (Lipinski definition) is 0. The lowest BCUT2D eigenvalue weighted by molar-refractivity contribution is -0.128. The maximum atomic E-state index is 14.3. The first-order valence-electron chi connectivity index (χ1n) is 13.5. The molecule has 9 nitrogen and oxygen atoms in total. The number of halogens is 2. The van der Waals surface area contributed by atoms with Crippen molar-refractivity contribution in [1.82, 2.24) is 24.6 Å². The quantitative estimate of drug-likeness (QED) is 0.244. The van der Waals surface area contributed by atoms with Crippen molar-refractivity contribution in [3.8, 4) is 16.3 Å². The maximum absolute atomic E-state index is 14.3. The Balaban J connectivity index is 1.53. The smallest absolute Gasteiger partial charge is 0.227 e. The molecular weight excluding hydrogens is 562 g/mol. The SMILES string of the molecule is Cc1noc(C)c1-c1ccc2c(c1)nc([C@@H]1CCCC(=O)N1c1ccc(F)c(F)c1)n2-c1ncc(CC(=O)N(C)C)s1. The van der Waals surface area contributed by atoms with Crippen molar-refractivity contribution in [2.45, 2.75) is 45.6 Å². The predicted molar refractivity (Wildman–Crippen MR) is 155 cm³/mol. The zero-order valence-electron chi connectivity index (χ0n) is 23.5. The highest BCUT2D eigenvalue weighted by molar-refractivity contribution is 7.14. The van der Waals surface area contributed by atoms with Crippen LogP contribution in [0, 0.1) is 25.5 Å². The minimum Gasteiger partial charge on any atom is -0.361 e. The fraction of sp³-hybridized carbons (Fsp3) is 0.300. The number of thiazole rings is 1. The highest BCUT2D eigenvalue weighted by Gasteiger charge is 2.35. The number of fused-ring (bicyclic) bond motifs is 1. The Morgan fingerprint density at radius 1 is 1.14 bits per heavy atom. The first-order valence-corrected chi connectivity index (χ1v) is 14.3. The topological polar surface area (TPSA) is 97.4 Å². The van der Waals surface area contributed by atoms with Gasteiger partial charge in [-0.1, -0.05) is 11.2 Å². The molecule has 3 aromatic heterocycles. The van der Waals surface area contributed by atoms with Gasteiger partial charge in [0.05, 0.1) is 29.2 Å². The van der Waals surface area contributed by atoms with Gasteiger partial charge in [-0.3, -0.25) is 14.2 Å². The van der Waals surface area contributed by atoms with Crippen molar-refractivity contribution in [1.29, 1.82) is 0 Å². The molecule has 4 heterocycles. The van der Waals surface area contributed by atoms with Crippen LogP contribution >= 0.6 is 11.3 Å². The van der Waals surface area contributed by atoms with E-state index >= 15 is 0 Å². The Labute approximate surface area is 244 Å². The Bertz CT molecular complexity index is 1820. The fourth-order valence-corrected chi connectivity index (χ4v) is 6.36. The highest BCUT2D eigenvalue weighted by Crippen LogP contribution is 2.40. The summed E-state index contributed by atoms with van der Waals surface area (Å²) in [5.74, 6) is -1.04. The van der Waals surface area contributed by atoms with Gasteiger partial charge in [-0.15, -0.1) is 11.3 Å². The molecule has 1 fully saturated rings. The fourth-order valence-electron chi connectivity index (χ4n) is 5.44. The van der Waals surface area contributed by atoms with Crippen molar-refractivity contribution in [3.63, 3.8) is 0 Å². The van der Waals surface area contributed by atoms with E-state index in [1.54, 1.807) is 20.3 Å². The Kier molecular flexibility index (Phi) is 7.09. The number of anilines is 1. The van der Waals surface area contributed by atoms with Crippen LogP contribution in [0.4, 0.5) is 14.5 Å². The molecule has 0 N–H and O–H groups in total. The Morgan fingerprint density at radius 3 is 2.67 bits per heavy atom. The lowest BCUT2D eigenvalue weighted by Gasteiger charge is -2.35. The van der Waals surface area contributed by atoms with Crippen LogP contribution in [0.25, 0.3) is 27.3 Å². The van der Waals surface area contributed by atoms with Gasteiger partial charge in [0.1, 0.15) is 11.6 Å². The molecule has 5 aromatic rings. The molecule has 1 saturated heterocycles. The average Bonchev–Trinajstić information content (AvgIpc) is 3.66. The molecule has 2 amide bonds. The van der Waals surface area contributed by atoms with Gasteiger partial charge in [0.25, 0.3) is 0 Å². The van der Waals surface area contributed by atoms with E-state index in [0.29, 0.717) is 35.1 Å². The number of rotatable bonds is 6. The second-order valence-corrected chi connectivity index (χ2v) is 11.6. The van der Waals surface area contributed by atoms with E-state index < -0.39 is 17.7 Å². The molecule has 1 aliphatic heterocycles. The maximum Gasteiger partial charge on any atom is 0.227 e. The number of benzene rings is 2. The van der Waals surface area contributed by atoms with E-state index in [0.717, 1.165) is 39.3 Å². The molecule has 216 valence electrons. The van der Waals surface area contributed by atoms with Crippen LogP contribution in [0.5, 0.6) is 0 Å². The van der Waals surface area contributed by atoms with E-state index in [1.807, 2.05) is 36.6 Å². The number of aryl methyl sites for hydroxylation is 2. The van der Waals surface area contributed by atoms with Gasteiger partial charge in [0, 0.05) is 48.9 Å². The molecule has 0 unspecified atom stereocenters. The molecule has 0 spiro atoms. The van der Waals surface area contributed by atoms with Crippen LogP contribution in [0.2, 0.25) is 0 Å². The second kappa shape index (κ2) is 10.8. The van der Waals surface area contributed by atoms with Gasteiger partial charge in [-0.05, 0) is 56.5 Å². The van der Waals surface area contributed by atoms with E-state index in [-0.39, 0.29) is 30.3 Å². The lowest BCUT2D eigenvalue weighted by Crippen LogP contribution is -2.39. The summed E-state index contributed by atoms with van der Waals surface area (Å²) in [6.07, 6.45) is 3.32. The summed E-state index contributed by atoms with van der Waals surface area (Å²) in [5, 5.41) is 4.66. The van der Waals surface area contributed by atoms with Crippen molar-refractivity contribution in [2.75, 3.05) is 19.0 Å². The van der Waals surface area contributed by atoms with E-state index in [1.165, 1.54) is 27.2 Å². The average molecular weight is 591 g/mol. The highest BCUT2D eigenvalue weighted by atomic mass is 32.1. The van der Waals surface area contributed by atoms with Crippen molar-refractivity contribution in [3.05, 3.63) is 76.4 Å². The minimum atomic E-state index is -1.03. The molecule has 1 atom stereocenters. The summed E-state index contributed by atoms with van der Waals surface area (Å²) in [4.78, 5) is 39.2. The van der Waals surface area contributed by atoms with Gasteiger partial charge in [0.15, 0.2) is 16.8 Å². The normalized spacial score (nSPS) is 15.5. The summed E-state index contributed by atoms with van der Waals surface area (Å²) < 4.78 is 35.4. The number of hydrogen-bond acceptors (Lipinski definition) is 7. The van der Waals surface area contributed by atoms with Crippen LogP contribution in [0.1, 0.15) is 47.5 Å². The monoisotopic (exact) mass is 590 g/mol. The summed E-state index contributed by atoms with van der Waals surface area (Å²) in [6.45, 7) is 3.72. The summed E-state index contributed by atoms with van der Waals surface area (Å²) >= 11 is 1.36. The minimum absolute atomic E-state index is 0.0487. The summed E-state index contributed by atoms with van der Waals surface area (Å²) in [7, 11) is 3.41. The standard InChI is InChI=1S/C30H28F2N6O3S/c1-16-28(17(2)41-35-16)18-8-11-24-23(12-18)34-29(38(24)30-33-15-20(42-30)14-27(40)36(3)4)25-6-5-7-26(39)37(25)19-9-10-21(31)22(32)13-19/h8-13,15,25H,5-7,14H2,1-4H3/t25-/m0/s1. The predicted octanol–water partition coefficient (Wildman–Crippen LogP) is 5.92. The third kappa shape index (κ3) is 4.85. The molecule has 2 aromatic carbocycles. The number of carbonyl (C=O) groups excluding carboxylic acids is 2. The molecule has 0 bridgehead atoms. The van der Waals surface area contributed by atoms with Crippen molar-refractivity contribution < 1.29 is 22.9 Å². The molecule has 0 saturated carbocycles. The molecule has 42 heavy (non-hydrogen) atoms. The molecule has 6 rings (SSSR count). The second-order valence-electron chi connectivity index (χ2n) is 10.6. The number of imidazole rings is 1. The van der Waals surface area contributed by atoms with Crippen molar-refractivity contribution in [2.24, 2.45) is 0 Å². The number of carbonyl (C=O) groups is 2. The number of aromatic nitrogens is 4. The third-order valence-corrected chi connectivity index (χ3v) is 8.47. The van der Waals surface area contributed by atoms with Crippen LogP contribution in [0.3, 0.4) is 0 Å². The van der Waals surface area contributed by atoms with Gasteiger partial charge in [-0.25, -0.2) is 18.7 Å². The molecule has 12 heteroatoms. The first-order chi connectivity index (χ1) is 20.1. The van der Waals surface area contributed by atoms with Crippen molar-refractivity contribution >= 4 is 39.9 Å². The molecule has 0 aliphatic carbocycles. The Hall–Kier alpha value is -4.45. The molecule has 1 aliphatic rings. The molecular formula is C30H28F2N6O3S. The van der Waals surface area contributed by atoms with Gasteiger partial charge in [0.2, 0.25) is 11.8 Å². The third-order valence-electron chi connectivity index (χ3n) is 7.49. The van der Waals surface area contributed by atoms with E-state index in [2.05, 4.69) is 10.1 Å². The van der Waals surface area contributed by atoms with Crippen LogP contribution in [-0.4, -0.2) is 50.5 Å². The van der Waals surface area contributed by atoms with Gasteiger partial charge in [-0.2, -0.15) is 0 Å². The van der Waals surface area contributed by atoms with Crippen LogP contribution in [0.15, 0.2) is 47.1 Å². The largest absolute Gasteiger partial charge is 0.361 e. The number of nitrogens with zero attached hydrogens (tertiary/aromatic N) is 6. The van der Waals surface area contributed by atoms with Gasteiger partial charge >= 0.3 is 0 Å². The summed E-state index contributed by atoms with van der Waals surface area (Å²) in [6, 6.07) is 8.75. The van der Waals surface area contributed by atoms with Crippen LogP contribution < -0.4 is 4.90 Å². The van der Waals surface area contributed by atoms with Gasteiger partial charge < -0.3 is 14.3 Å². The molecule has 0 radical (unpaired) electrons. The Morgan fingerprint density at radius 2 is 1.95 bits per heavy atom. The number of likely N-dealkylation sites (N-methyl/N-ethyl adjacent to an activating group) is 1. The lowest BCUT2D eigenvalue weighted by atomic mass is 9.99. The first kappa shape index (κ1) is 27.7. The zero-order chi connectivity index (χ0) is 29.7. The summed E-state index contributed by atoms with van der Waals surface area (Å²) in [5.41, 5.74) is 4.18. The van der Waals surface area contributed by atoms with E-state index in [9.17, 15) is 18.4 Å². The van der Waals surface area contributed by atoms with E-state index in [4.69, 9.17) is 9.51 Å². The number of piperidine rings is 1.